The molecule has 0 saturated heterocycles. The van der Waals surface area contributed by atoms with Gasteiger partial charge in [-0.1, -0.05) is 30.4 Å². The summed E-state index contributed by atoms with van der Waals surface area (Å²) in [5.41, 5.74) is 2.91. The van der Waals surface area contributed by atoms with Crippen molar-refractivity contribution in [1.82, 2.24) is 15.6 Å². The molecule has 0 spiro atoms. The molecule has 0 saturated carbocycles. The first-order valence-electron chi connectivity index (χ1n) is 6.15. The van der Waals surface area contributed by atoms with E-state index in [4.69, 9.17) is 0 Å². The second kappa shape index (κ2) is 6.00. The average Bonchev–Trinajstić information content (AvgIpc) is 2.42. The molecule has 1 aromatic carbocycles. The van der Waals surface area contributed by atoms with Crippen molar-refractivity contribution in [2.45, 2.75) is 13.5 Å². The third-order valence-corrected chi connectivity index (χ3v) is 2.73. The van der Waals surface area contributed by atoms with Gasteiger partial charge in [-0.3, -0.25) is 4.98 Å². The van der Waals surface area contributed by atoms with Crippen LogP contribution in [0.2, 0.25) is 0 Å². The van der Waals surface area contributed by atoms with Gasteiger partial charge in [0.05, 0.1) is 5.52 Å². The van der Waals surface area contributed by atoms with E-state index < -0.39 is 0 Å². The van der Waals surface area contributed by atoms with E-state index in [0.717, 1.165) is 22.0 Å². The molecule has 2 N–H and O–H groups in total. The molecule has 2 rings (SSSR count). The topological polar surface area (TPSA) is 54.0 Å². The van der Waals surface area contributed by atoms with E-state index in [1.807, 2.05) is 37.3 Å². The van der Waals surface area contributed by atoms with Crippen molar-refractivity contribution in [2.24, 2.45) is 0 Å². The highest BCUT2D eigenvalue weighted by Crippen LogP contribution is 2.15. The number of nitrogens with zero attached hydrogens (tertiary/aromatic N) is 1. The van der Waals surface area contributed by atoms with Gasteiger partial charge in [0.15, 0.2) is 0 Å². The SMILES string of the molecule is C=C(C)CNC(=O)NCc1ccnc2ccccc12. The Labute approximate surface area is 112 Å². The number of carbonyl (C=O) groups is 1. The lowest BCUT2D eigenvalue weighted by Gasteiger charge is -2.09. The smallest absolute Gasteiger partial charge is 0.315 e. The van der Waals surface area contributed by atoms with Gasteiger partial charge in [-0.15, -0.1) is 0 Å². The number of pyridine rings is 1. The van der Waals surface area contributed by atoms with Crippen LogP contribution in [-0.2, 0) is 6.54 Å². The van der Waals surface area contributed by atoms with Gasteiger partial charge in [0.2, 0.25) is 0 Å². The fourth-order valence-corrected chi connectivity index (χ4v) is 1.78. The van der Waals surface area contributed by atoms with Crippen molar-refractivity contribution < 1.29 is 4.79 Å². The van der Waals surface area contributed by atoms with Gasteiger partial charge in [-0.25, -0.2) is 4.79 Å². The third kappa shape index (κ3) is 3.55. The van der Waals surface area contributed by atoms with Gasteiger partial charge in [0.25, 0.3) is 0 Å². The zero-order valence-corrected chi connectivity index (χ0v) is 10.9. The molecule has 4 heteroatoms. The summed E-state index contributed by atoms with van der Waals surface area (Å²) in [6.45, 7) is 6.57. The number of carbonyl (C=O) groups excluding carboxylic acids is 1. The van der Waals surface area contributed by atoms with E-state index in [2.05, 4.69) is 22.2 Å². The Morgan fingerprint density at radius 3 is 2.84 bits per heavy atom. The fourth-order valence-electron chi connectivity index (χ4n) is 1.78. The number of para-hydroxylation sites is 1. The molecule has 0 radical (unpaired) electrons. The fraction of sp³-hybridized carbons (Fsp3) is 0.200. The molecule has 19 heavy (non-hydrogen) atoms. The van der Waals surface area contributed by atoms with Crippen molar-refractivity contribution in [3.63, 3.8) is 0 Å². The molecule has 0 aliphatic rings. The van der Waals surface area contributed by atoms with Crippen LogP contribution in [-0.4, -0.2) is 17.6 Å². The number of amides is 2. The minimum Gasteiger partial charge on any atom is -0.334 e. The number of urea groups is 1. The summed E-state index contributed by atoms with van der Waals surface area (Å²) in [6, 6.07) is 9.61. The maximum Gasteiger partial charge on any atom is 0.315 e. The molecule has 1 heterocycles. The largest absolute Gasteiger partial charge is 0.334 e. The van der Waals surface area contributed by atoms with Crippen LogP contribution in [0.3, 0.4) is 0 Å². The number of fused-ring (bicyclic) bond motifs is 1. The number of nitrogens with one attached hydrogen (secondary N) is 2. The van der Waals surface area contributed by atoms with Crippen LogP contribution in [0.1, 0.15) is 12.5 Å². The quantitative estimate of drug-likeness (QED) is 0.825. The first-order chi connectivity index (χ1) is 9.16. The van der Waals surface area contributed by atoms with Crippen molar-refractivity contribution in [3.05, 3.63) is 54.2 Å². The second-order valence-corrected chi connectivity index (χ2v) is 4.48. The van der Waals surface area contributed by atoms with Gasteiger partial charge >= 0.3 is 6.03 Å². The van der Waals surface area contributed by atoms with Gasteiger partial charge in [-0.05, 0) is 24.6 Å². The molecular formula is C15H17N3O. The van der Waals surface area contributed by atoms with Crippen molar-refractivity contribution >= 4 is 16.9 Å². The number of hydrogen-bond donors (Lipinski definition) is 2. The first-order valence-corrected chi connectivity index (χ1v) is 6.15. The predicted octanol–water partition coefficient (Wildman–Crippen LogP) is 2.61. The Hall–Kier alpha value is -2.36. The van der Waals surface area contributed by atoms with E-state index in [9.17, 15) is 4.79 Å². The zero-order chi connectivity index (χ0) is 13.7. The van der Waals surface area contributed by atoms with Crippen LogP contribution in [0.4, 0.5) is 4.79 Å². The van der Waals surface area contributed by atoms with Gasteiger partial charge in [0.1, 0.15) is 0 Å². The van der Waals surface area contributed by atoms with E-state index >= 15 is 0 Å². The molecule has 98 valence electrons. The number of aromatic nitrogens is 1. The van der Waals surface area contributed by atoms with Gasteiger partial charge in [-0.2, -0.15) is 0 Å². The van der Waals surface area contributed by atoms with Crippen LogP contribution in [0, 0.1) is 0 Å². The summed E-state index contributed by atoms with van der Waals surface area (Å²) >= 11 is 0. The Morgan fingerprint density at radius 1 is 1.26 bits per heavy atom. The molecule has 1 aromatic heterocycles. The second-order valence-electron chi connectivity index (χ2n) is 4.48. The molecular weight excluding hydrogens is 238 g/mol. The lowest BCUT2D eigenvalue weighted by atomic mass is 10.1. The molecule has 2 aromatic rings. The Kier molecular flexibility index (Phi) is 4.13. The summed E-state index contributed by atoms with van der Waals surface area (Å²) in [4.78, 5) is 15.9. The van der Waals surface area contributed by atoms with Crippen LogP contribution in [0.15, 0.2) is 48.7 Å². The zero-order valence-electron chi connectivity index (χ0n) is 10.9. The van der Waals surface area contributed by atoms with E-state index in [1.54, 1.807) is 6.20 Å². The first kappa shape index (κ1) is 13.1. The van der Waals surface area contributed by atoms with Crippen molar-refractivity contribution in [1.29, 1.82) is 0 Å². The van der Waals surface area contributed by atoms with Crippen molar-refractivity contribution in [3.8, 4) is 0 Å². The molecule has 0 aliphatic carbocycles. The molecule has 2 amide bonds. The van der Waals surface area contributed by atoms with Crippen LogP contribution >= 0.6 is 0 Å². The van der Waals surface area contributed by atoms with Crippen LogP contribution < -0.4 is 10.6 Å². The Balaban J connectivity index is 2.02. The van der Waals surface area contributed by atoms with E-state index in [0.29, 0.717) is 13.1 Å². The lowest BCUT2D eigenvalue weighted by Crippen LogP contribution is -2.35. The predicted molar refractivity (Wildman–Crippen MR) is 76.8 cm³/mol. The maximum absolute atomic E-state index is 11.6. The molecule has 0 unspecified atom stereocenters. The lowest BCUT2D eigenvalue weighted by molar-refractivity contribution is 0.241. The van der Waals surface area contributed by atoms with E-state index in [-0.39, 0.29) is 6.03 Å². The number of hydrogen-bond acceptors (Lipinski definition) is 2. The summed E-state index contributed by atoms with van der Waals surface area (Å²) in [5, 5.41) is 6.62. The highest BCUT2D eigenvalue weighted by molar-refractivity contribution is 5.82. The highest BCUT2D eigenvalue weighted by Gasteiger charge is 2.03. The van der Waals surface area contributed by atoms with Gasteiger partial charge < -0.3 is 10.6 Å². The summed E-state index contributed by atoms with van der Waals surface area (Å²) in [6.07, 6.45) is 1.76. The van der Waals surface area contributed by atoms with E-state index in [1.165, 1.54) is 0 Å². The maximum atomic E-state index is 11.6. The molecule has 0 bridgehead atoms. The Morgan fingerprint density at radius 2 is 2.05 bits per heavy atom. The van der Waals surface area contributed by atoms with Crippen LogP contribution in [0.5, 0.6) is 0 Å². The summed E-state index contributed by atoms with van der Waals surface area (Å²) in [7, 11) is 0. The normalized spacial score (nSPS) is 10.2. The number of benzene rings is 1. The minimum atomic E-state index is -0.191. The average molecular weight is 255 g/mol. The highest BCUT2D eigenvalue weighted by atomic mass is 16.2. The van der Waals surface area contributed by atoms with Crippen LogP contribution in [0.25, 0.3) is 10.9 Å². The third-order valence-electron chi connectivity index (χ3n) is 2.73. The monoisotopic (exact) mass is 255 g/mol. The summed E-state index contributed by atoms with van der Waals surface area (Å²) in [5.74, 6) is 0. The molecule has 4 nitrogen and oxygen atoms in total. The van der Waals surface area contributed by atoms with Gasteiger partial charge in [0, 0.05) is 24.7 Å². The number of rotatable bonds is 4. The summed E-state index contributed by atoms with van der Waals surface area (Å²) < 4.78 is 0. The minimum absolute atomic E-state index is 0.191. The van der Waals surface area contributed by atoms with Crippen molar-refractivity contribution in [2.75, 3.05) is 6.54 Å². The molecule has 0 aliphatic heterocycles. The molecule has 0 fully saturated rings. The Bertz CT molecular complexity index is 602. The molecule has 0 atom stereocenters. The standard InChI is InChI=1S/C15H17N3O/c1-11(2)9-17-15(19)18-10-12-7-8-16-14-6-4-3-5-13(12)14/h3-8H,1,9-10H2,2H3,(H2,17,18,19).